The van der Waals surface area contributed by atoms with Crippen LogP contribution in [0.2, 0.25) is 0 Å². The molecule has 1 heterocycles. The minimum Gasteiger partial charge on any atom is -0.382 e. The quantitative estimate of drug-likeness (QED) is 0.911. The van der Waals surface area contributed by atoms with Crippen LogP contribution in [-0.4, -0.2) is 14.9 Å². The smallest absolute Gasteiger partial charge is 0.122 e. The average Bonchev–Trinajstić information content (AvgIpc) is 2.80. The molecule has 0 aliphatic heterocycles. The standard InChI is InChI=1S/C15H19BrN2O/c1-3-9-18-14(13(16)10-17-18)15(19)12-7-5-11(4-2)6-8-12/h5-8,10,15,19H,3-4,9H2,1-2H3. The van der Waals surface area contributed by atoms with E-state index in [0.717, 1.165) is 35.1 Å². The highest BCUT2D eigenvalue weighted by atomic mass is 79.9. The van der Waals surface area contributed by atoms with Crippen LogP contribution in [0.15, 0.2) is 34.9 Å². The van der Waals surface area contributed by atoms with Crippen molar-refractivity contribution in [3.63, 3.8) is 0 Å². The number of hydrogen-bond donors (Lipinski definition) is 1. The Morgan fingerprint density at radius 1 is 1.26 bits per heavy atom. The van der Waals surface area contributed by atoms with Crippen molar-refractivity contribution in [2.75, 3.05) is 0 Å². The molecule has 0 saturated carbocycles. The van der Waals surface area contributed by atoms with E-state index in [-0.39, 0.29) is 0 Å². The van der Waals surface area contributed by atoms with E-state index in [1.165, 1.54) is 5.56 Å². The minimum atomic E-state index is -0.644. The predicted molar refractivity (Wildman–Crippen MR) is 80.1 cm³/mol. The second-order valence-electron chi connectivity index (χ2n) is 4.60. The maximum absolute atomic E-state index is 10.5. The third kappa shape index (κ3) is 3.07. The second kappa shape index (κ2) is 6.35. The van der Waals surface area contributed by atoms with Gasteiger partial charge in [-0.1, -0.05) is 38.1 Å². The molecule has 1 unspecified atom stereocenters. The van der Waals surface area contributed by atoms with Crippen molar-refractivity contribution in [1.29, 1.82) is 0 Å². The number of aliphatic hydroxyl groups excluding tert-OH is 1. The molecule has 1 aromatic carbocycles. The van der Waals surface area contributed by atoms with Gasteiger partial charge in [-0.05, 0) is 39.9 Å². The molecule has 1 atom stereocenters. The van der Waals surface area contributed by atoms with E-state index in [9.17, 15) is 5.11 Å². The van der Waals surface area contributed by atoms with Crippen LogP contribution >= 0.6 is 15.9 Å². The summed E-state index contributed by atoms with van der Waals surface area (Å²) in [5.41, 5.74) is 3.00. The van der Waals surface area contributed by atoms with E-state index >= 15 is 0 Å². The minimum absolute atomic E-state index is 0.644. The number of halogens is 1. The number of hydrogen-bond acceptors (Lipinski definition) is 2. The van der Waals surface area contributed by atoms with Crippen LogP contribution in [0.1, 0.15) is 43.2 Å². The molecular formula is C15H19BrN2O. The van der Waals surface area contributed by atoms with E-state index in [0.29, 0.717) is 0 Å². The van der Waals surface area contributed by atoms with Gasteiger partial charge < -0.3 is 5.11 Å². The Balaban J connectivity index is 2.31. The largest absolute Gasteiger partial charge is 0.382 e. The summed E-state index contributed by atoms with van der Waals surface area (Å²) in [6.07, 6.45) is 3.10. The topological polar surface area (TPSA) is 38.0 Å². The number of aromatic nitrogens is 2. The lowest BCUT2D eigenvalue weighted by atomic mass is 10.0. The molecule has 0 aliphatic carbocycles. The van der Waals surface area contributed by atoms with Crippen molar-refractivity contribution in [3.8, 4) is 0 Å². The van der Waals surface area contributed by atoms with Gasteiger partial charge in [-0.15, -0.1) is 0 Å². The number of benzene rings is 1. The number of nitrogens with zero attached hydrogens (tertiary/aromatic N) is 2. The first kappa shape index (κ1) is 14.3. The molecule has 0 radical (unpaired) electrons. The van der Waals surface area contributed by atoms with Crippen LogP contribution in [-0.2, 0) is 13.0 Å². The molecule has 0 saturated heterocycles. The Bertz CT molecular complexity index is 534. The Hall–Kier alpha value is -1.13. The van der Waals surface area contributed by atoms with Crippen molar-refractivity contribution in [3.05, 3.63) is 51.8 Å². The fourth-order valence-corrected chi connectivity index (χ4v) is 2.64. The molecule has 3 nitrogen and oxygen atoms in total. The Morgan fingerprint density at radius 3 is 2.53 bits per heavy atom. The monoisotopic (exact) mass is 322 g/mol. The third-order valence-corrected chi connectivity index (χ3v) is 3.84. The summed E-state index contributed by atoms with van der Waals surface area (Å²) in [5.74, 6) is 0. The molecule has 0 fully saturated rings. The maximum atomic E-state index is 10.5. The van der Waals surface area contributed by atoms with Gasteiger partial charge in [0.2, 0.25) is 0 Å². The van der Waals surface area contributed by atoms with E-state index < -0.39 is 6.10 Å². The fraction of sp³-hybridized carbons (Fsp3) is 0.400. The second-order valence-corrected chi connectivity index (χ2v) is 5.45. The zero-order valence-corrected chi connectivity index (χ0v) is 12.9. The summed E-state index contributed by atoms with van der Waals surface area (Å²) in [4.78, 5) is 0. The molecule has 19 heavy (non-hydrogen) atoms. The van der Waals surface area contributed by atoms with Crippen LogP contribution in [0.25, 0.3) is 0 Å². The van der Waals surface area contributed by atoms with Gasteiger partial charge >= 0.3 is 0 Å². The molecule has 1 N–H and O–H groups in total. The molecule has 2 rings (SSSR count). The van der Waals surface area contributed by atoms with E-state index in [2.05, 4.69) is 47.0 Å². The summed E-state index contributed by atoms with van der Waals surface area (Å²) < 4.78 is 2.72. The Kier molecular flexibility index (Phi) is 4.77. The lowest BCUT2D eigenvalue weighted by molar-refractivity contribution is 0.206. The van der Waals surface area contributed by atoms with Crippen LogP contribution in [0.5, 0.6) is 0 Å². The van der Waals surface area contributed by atoms with Gasteiger partial charge in [0, 0.05) is 6.54 Å². The Labute approximate surface area is 122 Å². The van der Waals surface area contributed by atoms with Crippen LogP contribution < -0.4 is 0 Å². The van der Waals surface area contributed by atoms with Gasteiger partial charge in [0.25, 0.3) is 0 Å². The van der Waals surface area contributed by atoms with E-state index in [1.807, 2.05) is 16.8 Å². The van der Waals surface area contributed by atoms with Gasteiger partial charge in [0.05, 0.1) is 16.4 Å². The van der Waals surface area contributed by atoms with E-state index in [4.69, 9.17) is 0 Å². The van der Waals surface area contributed by atoms with Gasteiger partial charge in [-0.25, -0.2) is 0 Å². The number of rotatable bonds is 5. The molecule has 102 valence electrons. The van der Waals surface area contributed by atoms with Gasteiger partial charge in [-0.2, -0.15) is 5.10 Å². The van der Waals surface area contributed by atoms with Crippen LogP contribution in [0, 0.1) is 0 Å². The van der Waals surface area contributed by atoms with Gasteiger partial charge in [-0.3, -0.25) is 4.68 Å². The summed E-state index contributed by atoms with van der Waals surface area (Å²) in [6.45, 7) is 5.03. The van der Waals surface area contributed by atoms with Crippen molar-refractivity contribution < 1.29 is 5.11 Å². The van der Waals surface area contributed by atoms with Gasteiger partial charge in [0.1, 0.15) is 6.10 Å². The summed E-state index contributed by atoms with van der Waals surface area (Å²) in [7, 11) is 0. The van der Waals surface area contributed by atoms with Crippen molar-refractivity contribution in [2.24, 2.45) is 0 Å². The summed E-state index contributed by atoms with van der Waals surface area (Å²) in [5, 5.41) is 14.8. The fourth-order valence-electron chi connectivity index (χ4n) is 2.13. The lowest BCUT2D eigenvalue weighted by Crippen LogP contribution is -2.10. The van der Waals surface area contributed by atoms with Crippen molar-refractivity contribution in [1.82, 2.24) is 9.78 Å². The molecule has 0 aliphatic rings. The molecule has 0 spiro atoms. The van der Waals surface area contributed by atoms with Crippen molar-refractivity contribution in [2.45, 2.75) is 39.3 Å². The number of aliphatic hydroxyl groups is 1. The summed E-state index contributed by atoms with van der Waals surface area (Å²) >= 11 is 3.47. The van der Waals surface area contributed by atoms with Crippen LogP contribution in [0.3, 0.4) is 0 Å². The zero-order valence-electron chi connectivity index (χ0n) is 11.3. The first-order valence-electron chi connectivity index (χ1n) is 6.65. The lowest BCUT2D eigenvalue weighted by Gasteiger charge is -2.14. The highest BCUT2D eigenvalue weighted by Gasteiger charge is 2.19. The van der Waals surface area contributed by atoms with Crippen LogP contribution in [0.4, 0.5) is 0 Å². The SMILES string of the molecule is CCCn1ncc(Br)c1C(O)c1ccc(CC)cc1. The summed E-state index contributed by atoms with van der Waals surface area (Å²) in [6, 6.07) is 8.10. The first-order chi connectivity index (χ1) is 9.17. The zero-order chi connectivity index (χ0) is 13.8. The van der Waals surface area contributed by atoms with E-state index in [1.54, 1.807) is 6.20 Å². The van der Waals surface area contributed by atoms with Gasteiger partial charge in [0.15, 0.2) is 0 Å². The average molecular weight is 323 g/mol. The Morgan fingerprint density at radius 2 is 1.95 bits per heavy atom. The predicted octanol–water partition coefficient (Wildman–Crippen LogP) is 3.70. The first-order valence-corrected chi connectivity index (χ1v) is 7.44. The highest BCUT2D eigenvalue weighted by Crippen LogP contribution is 2.28. The molecular weight excluding hydrogens is 304 g/mol. The number of aryl methyl sites for hydroxylation is 2. The molecule has 2 aromatic rings. The highest BCUT2D eigenvalue weighted by molar-refractivity contribution is 9.10. The third-order valence-electron chi connectivity index (χ3n) is 3.23. The normalized spacial score (nSPS) is 12.6. The molecule has 4 heteroatoms. The molecule has 0 bridgehead atoms. The maximum Gasteiger partial charge on any atom is 0.122 e. The molecule has 1 aromatic heterocycles. The molecule has 0 amide bonds. The van der Waals surface area contributed by atoms with Crippen molar-refractivity contribution >= 4 is 15.9 Å².